The highest BCUT2D eigenvalue weighted by Crippen LogP contribution is 2.37. The first-order valence-corrected chi connectivity index (χ1v) is 6.54. The van der Waals surface area contributed by atoms with Crippen LogP contribution in [-0.2, 0) is 11.2 Å². The van der Waals surface area contributed by atoms with Gasteiger partial charge in [0.15, 0.2) is 5.78 Å². The standard InChI is InChI=1S/C16H20O/c1-3-12(4-2)9-15(17)11-14-10-13-7-5-6-8-16(13)14/h5-9,14H,3-4,10-11H2,1-2H3. The molecule has 1 aliphatic carbocycles. The molecule has 1 atom stereocenters. The Bertz CT molecular complexity index is 437. The lowest BCUT2D eigenvalue weighted by Gasteiger charge is -2.29. The summed E-state index contributed by atoms with van der Waals surface area (Å²) in [5, 5.41) is 0. The van der Waals surface area contributed by atoms with E-state index in [1.165, 1.54) is 16.7 Å². The molecule has 0 bridgehead atoms. The van der Waals surface area contributed by atoms with Crippen LogP contribution in [0.1, 0.15) is 50.2 Å². The van der Waals surface area contributed by atoms with Crippen LogP contribution in [0.3, 0.4) is 0 Å². The average Bonchev–Trinajstić information content (AvgIpc) is 2.33. The van der Waals surface area contributed by atoms with Crippen LogP contribution in [0, 0.1) is 0 Å². The molecule has 2 rings (SSSR count). The zero-order valence-corrected chi connectivity index (χ0v) is 10.7. The number of fused-ring (bicyclic) bond motifs is 1. The normalized spacial score (nSPS) is 16.9. The third kappa shape index (κ3) is 2.66. The van der Waals surface area contributed by atoms with E-state index in [1.807, 2.05) is 6.08 Å². The van der Waals surface area contributed by atoms with Gasteiger partial charge in [0.05, 0.1) is 0 Å². The maximum absolute atomic E-state index is 11.9. The van der Waals surface area contributed by atoms with Crippen molar-refractivity contribution >= 4 is 5.78 Å². The summed E-state index contributed by atoms with van der Waals surface area (Å²) in [7, 11) is 0. The van der Waals surface area contributed by atoms with Crippen molar-refractivity contribution in [3.63, 3.8) is 0 Å². The fourth-order valence-corrected chi connectivity index (χ4v) is 2.53. The predicted octanol–water partition coefficient (Wildman–Crippen LogP) is 4.03. The summed E-state index contributed by atoms with van der Waals surface area (Å²) in [4.78, 5) is 11.9. The second kappa shape index (κ2) is 5.31. The van der Waals surface area contributed by atoms with Crippen LogP contribution in [0.15, 0.2) is 35.9 Å². The molecule has 0 heterocycles. The lowest BCUT2D eigenvalue weighted by Crippen LogP contribution is -2.19. The summed E-state index contributed by atoms with van der Waals surface area (Å²) in [5.41, 5.74) is 4.06. The molecule has 0 saturated heterocycles. The zero-order valence-electron chi connectivity index (χ0n) is 10.7. The van der Waals surface area contributed by atoms with Gasteiger partial charge in [0, 0.05) is 6.42 Å². The fraction of sp³-hybridized carbons (Fsp3) is 0.438. The van der Waals surface area contributed by atoms with E-state index in [0.717, 1.165) is 19.3 Å². The van der Waals surface area contributed by atoms with Gasteiger partial charge in [-0.3, -0.25) is 4.79 Å². The van der Waals surface area contributed by atoms with Crippen molar-refractivity contribution < 1.29 is 4.79 Å². The number of hydrogen-bond acceptors (Lipinski definition) is 1. The summed E-state index contributed by atoms with van der Waals surface area (Å²) in [6.45, 7) is 4.22. The van der Waals surface area contributed by atoms with Gasteiger partial charge >= 0.3 is 0 Å². The summed E-state index contributed by atoms with van der Waals surface area (Å²) in [6, 6.07) is 8.45. The smallest absolute Gasteiger partial charge is 0.156 e. The molecule has 0 fully saturated rings. The molecule has 1 heteroatoms. The minimum absolute atomic E-state index is 0.295. The van der Waals surface area contributed by atoms with Crippen molar-refractivity contribution in [1.29, 1.82) is 0 Å². The topological polar surface area (TPSA) is 17.1 Å². The molecule has 0 aliphatic heterocycles. The van der Waals surface area contributed by atoms with Crippen LogP contribution in [0.25, 0.3) is 0 Å². The summed E-state index contributed by atoms with van der Waals surface area (Å²) < 4.78 is 0. The molecule has 90 valence electrons. The molecule has 1 nitrogen and oxygen atoms in total. The SMILES string of the molecule is CCC(=CC(=O)CC1Cc2ccccc21)CC. The Balaban J connectivity index is 1.96. The van der Waals surface area contributed by atoms with Crippen LogP contribution in [0.4, 0.5) is 0 Å². The van der Waals surface area contributed by atoms with E-state index in [0.29, 0.717) is 18.1 Å². The molecule has 0 saturated carbocycles. The van der Waals surface area contributed by atoms with Gasteiger partial charge in [0.1, 0.15) is 0 Å². The summed E-state index contributed by atoms with van der Waals surface area (Å²) in [5.74, 6) is 0.758. The number of hydrogen-bond donors (Lipinski definition) is 0. The van der Waals surface area contributed by atoms with E-state index < -0.39 is 0 Å². The minimum atomic E-state index is 0.295. The Morgan fingerprint density at radius 1 is 1.29 bits per heavy atom. The van der Waals surface area contributed by atoms with Crippen molar-refractivity contribution in [3.05, 3.63) is 47.0 Å². The number of benzene rings is 1. The Hall–Kier alpha value is -1.37. The molecular weight excluding hydrogens is 208 g/mol. The van der Waals surface area contributed by atoms with Crippen molar-refractivity contribution in [2.45, 2.75) is 45.4 Å². The lowest BCUT2D eigenvalue weighted by atomic mass is 9.75. The number of rotatable bonds is 5. The first kappa shape index (κ1) is 12.1. The zero-order chi connectivity index (χ0) is 12.3. The molecule has 1 unspecified atom stereocenters. The average molecular weight is 228 g/mol. The van der Waals surface area contributed by atoms with Gasteiger partial charge in [-0.2, -0.15) is 0 Å². The van der Waals surface area contributed by atoms with Crippen LogP contribution in [0.2, 0.25) is 0 Å². The molecule has 0 spiro atoms. The van der Waals surface area contributed by atoms with Gasteiger partial charge < -0.3 is 0 Å². The third-order valence-corrected chi connectivity index (χ3v) is 3.68. The Labute approximate surface area is 104 Å². The Morgan fingerprint density at radius 2 is 2.00 bits per heavy atom. The minimum Gasteiger partial charge on any atom is -0.295 e. The van der Waals surface area contributed by atoms with Crippen molar-refractivity contribution in [2.75, 3.05) is 0 Å². The fourth-order valence-electron chi connectivity index (χ4n) is 2.53. The van der Waals surface area contributed by atoms with E-state index in [-0.39, 0.29) is 0 Å². The van der Waals surface area contributed by atoms with E-state index in [4.69, 9.17) is 0 Å². The largest absolute Gasteiger partial charge is 0.295 e. The number of carbonyl (C=O) groups excluding carboxylic acids is 1. The molecule has 0 amide bonds. The number of allylic oxidation sites excluding steroid dienone is 2. The second-order valence-electron chi connectivity index (χ2n) is 4.78. The van der Waals surface area contributed by atoms with E-state index in [1.54, 1.807) is 0 Å². The van der Waals surface area contributed by atoms with Crippen molar-refractivity contribution in [3.8, 4) is 0 Å². The molecule has 17 heavy (non-hydrogen) atoms. The first-order chi connectivity index (χ1) is 8.24. The molecule has 0 radical (unpaired) electrons. The van der Waals surface area contributed by atoms with Crippen molar-refractivity contribution in [1.82, 2.24) is 0 Å². The quantitative estimate of drug-likeness (QED) is 0.695. The van der Waals surface area contributed by atoms with Crippen LogP contribution < -0.4 is 0 Å². The molecule has 0 aromatic heterocycles. The highest BCUT2D eigenvalue weighted by Gasteiger charge is 2.26. The Kier molecular flexibility index (Phi) is 3.78. The van der Waals surface area contributed by atoms with Gasteiger partial charge in [-0.1, -0.05) is 43.7 Å². The molecule has 1 aromatic carbocycles. The van der Waals surface area contributed by atoms with Crippen LogP contribution in [0.5, 0.6) is 0 Å². The molecular formula is C16H20O. The summed E-state index contributed by atoms with van der Waals surface area (Å²) in [6.07, 6.45) is 5.60. The first-order valence-electron chi connectivity index (χ1n) is 6.54. The second-order valence-corrected chi connectivity index (χ2v) is 4.78. The monoisotopic (exact) mass is 228 g/mol. The molecule has 0 N–H and O–H groups in total. The summed E-state index contributed by atoms with van der Waals surface area (Å²) >= 11 is 0. The van der Waals surface area contributed by atoms with Gasteiger partial charge in [-0.05, 0) is 42.4 Å². The van der Waals surface area contributed by atoms with Crippen LogP contribution in [-0.4, -0.2) is 5.78 Å². The number of carbonyl (C=O) groups is 1. The Morgan fingerprint density at radius 3 is 2.65 bits per heavy atom. The molecule has 1 aromatic rings. The van der Waals surface area contributed by atoms with E-state index in [2.05, 4.69) is 38.1 Å². The van der Waals surface area contributed by atoms with Gasteiger partial charge in [0.25, 0.3) is 0 Å². The van der Waals surface area contributed by atoms with Crippen molar-refractivity contribution in [2.24, 2.45) is 0 Å². The molecule has 1 aliphatic rings. The highest BCUT2D eigenvalue weighted by atomic mass is 16.1. The lowest BCUT2D eigenvalue weighted by molar-refractivity contribution is -0.115. The third-order valence-electron chi connectivity index (χ3n) is 3.68. The maximum Gasteiger partial charge on any atom is 0.156 e. The highest BCUT2D eigenvalue weighted by molar-refractivity contribution is 5.91. The van der Waals surface area contributed by atoms with Gasteiger partial charge in [-0.15, -0.1) is 0 Å². The van der Waals surface area contributed by atoms with E-state index >= 15 is 0 Å². The van der Waals surface area contributed by atoms with E-state index in [9.17, 15) is 4.79 Å². The number of ketones is 1. The van der Waals surface area contributed by atoms with Crippen LogP contribution >= 0.6 is 0 Å². The maximum atomic E-state index is 11.9. The van der Waals surface area contributed by atoms with Gasteiger partial charge in [0.2, 0.25) is 0 Å². The predicted molar refractivity (Wildman–Crippen MR) is 71.2 cm³/mol. The van der Waals surface area contributed by atoms with Gasteiger partial charge in [-0.25, -0.2) is 0 Å².